The first-order chi connectivity index (χ1) is 8.19. The van der Waals surface area contributed by atoms with Gasteiger partial charge in [-0.25, -0.2) is 0 Å². The molecule has 0 saturated heterocycles. The number of hydrogen-bond acceptors (Lipinski definition) is 3. The summed E-state index contributed by atoms with van der Waals surface area (Å²) in [5.74, 6) is 0.881. The van der Waals surface area contributed by atoms with Crippen molar-refractivity contribution in [3.63, 3.8) is 0 Å². The van der Waals surface area contributed by atoms with E-state index in [4.69, 9.17) is 15.2 Å². The molecule has 0 aliphatic carbocycles. The number of allylic oxidation sites excluding steroid dienone is 1. The number of rotatable bonds is 7. The van der Waals surface area contributed by atoms with Crippen molar-refractivity contribution >= 4 is 0 Å². The highest BCUT2D eigenvalue weighted by molar-refractivity contribution is 5.39. The van der Waals surface area contributed by atoms with Gasteiger partial charge in [0.2, 0.25) is 0 Å². The molecule has 1 rings (SSSR count). The molecule has 1 atom stereocenters. The van der Waals surface area contributed by atoms with Crippen LogP contribution in [0.5, 0.6) is 5.75 Å². The van der Waals surface area contributed by atoms with Gasteiger partial charge in [-0.3, -0.25) is 0 Å². The SMILES string of the molecule is C=CCc1cc(C(C)N)ccc1OCCOC. The van der Waals surface area contributed by atoms with Crippen molar-refractivity contribution in [2.75, 3.05) is 20.3 Å². The van der Waals surface area contributed by atoms with Crippen molar-refractivity contribution in [1.29, 1.82) is 0 Å². The largest absolute Gasteiger partial charge is 0.491 e. The first-order valence-electron chi connectivity index (χ1n) is 5.80. The summed E-state index contributed by atoms with van der Waals surface area (Å²) >= 11 is 0. The highest BCUT2D eigenvalue weighted by Crippen LogP contribution is 2.23. The molecule has 0 radical (unpaired) electrons. The van der Waals surface area contributed by atoms with Crippen LogP contribution in [0.25, 0.3) is 0 Å². The van der Waals surface area contributed by atoms with Crippen LogP contribution in [0.3, 0.4) is 0 Å². The van der Waals surface area contributed by atoms with Gasteiger partial charge in [-0.2, -0.15) is 0 Å². The molecular weight excluding hydrogens is 214 g/mol. The van der Waals surface area contributed by atoms with E-state index < -0.39 is 0 Å². The van der Waals surface area contributed by atoms with Gasteiger partial charge in [-0.1, -0.05) is 18.2 Å². The highest BCUT2D eigenvalue weighted by Gasteiger charge is 2.06. The maximum absolute atomic E-state index is 5.86. The molecule has 3 heteroatoms. The lowest BCUT2D eigenvalue weighted by Crippen LogP contribution is -2.08. The van der Waals surface area contributed by atoms with Gasteiger partial charge in [0.05, 0.1) is 6.61 Å². The van der Waals surface area contributed by atoms with Crippen LogP contribution >= 0.6 is 0 Å². The van der Waals surface area contributed by atoms with Gasteiger partial charge in [-0.15, -0.1) is 6.58 Å². The maximum atomic E-state index is 5.86. The Morgan fingerprint density at radius 1 is 1.41 bits per heavy atom. The second kappa shape index (κ2) is 7.09. The predicted octanol–water partition coefficient (Wildman–Crippen LogP) is 2.46. The van der Waals surface area contributed by atoms with Crippen LogP contribution in [-0.4, -0.2) is 20.3 Å². The highest BCUT2D eigenvalue weighted by atomic mass is 16.5. The van der Waals surface area contributed by atoms with Gasteiger partial charge in [-0.05, 0) is 30.5 Å². The third kappa shape index (κ3) is 4.21. The molecule has 0 aliphatic rings. The lowest BCUT2D eigenvalue weighted by Gasteiger charge is -2.13. The first kappa shape index (κ1) is 13.7. The first-order valence-corrected chi connectivity index (χ1v) is 5.80. The van der Waals surface area contributed by atoms with Crippen molar-refractivity contribution in [3.05, 3.63) is 42.0 Å². The molecule has 0 heterocycles. The predicted molar refractivity (Wildman–Crippen MR) is 70.3 cm³/mol. The minimum Gasteiger partial charge on any atom is -0.491 e. The van der Waals surface area contributed by atoms with Crippen LogP contribution in [0.4, 0.5) is 0 Å². The van der Waals surface area contributed by atoms with Crippen molar-refractivity contribution < 1.29 is 9.47 Å². The van der Waals surface area contributed by atoms with Gasteiger partial charge in [0.15, 0.2) is 0 Å². The number of nitrogens with two attached hydrogens (primary N) is 1. The zero-order chi connectivity index (χ0) is 12.7. The topological polar surface area (TPSA) is 44.5 Å². The fraction of sp³-hybridized carbons (Fsp3) is 0.429. The van der Waals surface area contributed by atoms with Crippen molar-refractivity contribution in [3.8, 4) is 5.75 Å². The van der Waals surface area contributed by atoms with Crippen LogP contribution in [0.2, 0.25) is 0 Å². The summed E-state index contributed by atoms with van der Waals surface area (Å²) in [7, 11) is 1.66. The quantitative estimate of drug-likeness (QED) is 0.583. The minimum atomic E-state index is 0.0339. The monoisotopic (exact) mass is 235 g/mol. The molecule has 0 fully saturated rings. The Kier molecular flexibility index (Phi) is 5.73. The lowest BCUT2D eigenvalue weighted by atomic mass is 10.0. The molecule has 94 valence electrons. The third-order valence-electron chi connectivity index (χ3n) is 2.52. The van der Waals surface area contributed by atoms with Crippen LogP contribution in [0.15, 0.2) is 30.9 Å². The zero-order valence-corrected chi connectivity index (χ0v) is 10.6. The molecule has 2 N–H and O–H groups in total. The summed E-state index contributed by atoms with van der Waals surface area (Å²) < 4.78 is 10.6. The van der Waals surface area contributed by atoms with Crippen molar-refractivity contribution in [2.24, 2.45) is 5.73 Å². The third-order valence-corrected chi connectivity index (χ3v) is 2.52. The molecule has 0 amide bonds. The van der Waals surface area contributed by atoms with Gasteiger partial charge in [0.1, 0.15) is 12.4 Å². The molecule has 1 aromatic rings. The van der Waals surface area contributed by atoms with Gasteiger partial charge in [0, 0.05) is 13.2 Å². The standard InChI is InChI=1S/C14H21NO2/c1-4-5-13-10-12(11(2)15)6-7-14(13)17-9-8-16-3/h4,6-7,10-11H,1,5,8-9,15H2,2-3H3. The summed E-state index contributed by atoms with van der Waals surface area (Å²) in [4.78, 5) is 0. The fourth-order valence-electron chi connectivity index (χ4n) is 1.57. The fourth-order valence-corrected chi connectivity index (χ4v) is 1.57. The van der Waals surface area contributed by atoms with E-state index in [0.717, 1.165) is 23.3 Å². The Hall–Kier alpha value is -1.32. The molecule has 0 bridgehead atoms. The zero-order valence-electron chi connectivity index (χ0n) is 10.6. The molecule has 0 spiro atoms. The lowest BCUT2D eigenvalue weighted by molar-refractivity contribution is 0.146. The van der Waals surface area contributed by atoms with E-state index in [0.29, 0.717) is 13.2 Å². The summed E-state index contributed by atoms with van der Waals surface area (Å²) in [5, 5.41) is 0. The smallest absolute Gasteiger partial charge is 0.122 e. The van der Waals surface area contributed by atoms with Crippen LogP contribution in [-0.2, 0) is 11.2 Å². The van der Waals surface area contributed by atoms with E-state index in [1.165, 1.54) is 0 Å². The van der Waals surface area contributed by atoms with Gasteiger partial charge >= 0.3 is 0 Å². The van der Waals surface area contributed by atoms with Gasteiger partial charge < -0.3 is 15.2 Å². The summed E-state index contributed by atoms with van der Waals surface area (Å²) in [6, 6.07) is 6.08. The molecule has 3 nitrogen and oxygen atoms in total. The summed E-state index contributed by atoms with van der Waals surface area (Å²) in [5.41, 5.74) is 8.09. The molecular formula is C14H21NO2. The van der Waals surface area contributed by atoms with E-state index in [9.17, 15) is 0 Å². The van der Waals surface area contributed by atoms with E-state index in [-0.39, 0.29) is 6.04 Å². The number of benzene rings is 1. The summed E-state index contributed by atoms with van der Waals surface area (Å²) in [6.07, 6.45) is 2.65. The van der Waals surface area contributed by atoms with E-state index in [2.05, 4.69) is 12.6 Å². The number of hydrogen-bond donors (Lipinski definition) is 1. The molecule has 17 heavy (non-hydrogen) atoms. The minimum absolute atomic E-state index is 0.0339. The van der Waals surface area contributed by atoms with E-state index in [1.54, 1.807) is 7.11 Å². The summed E-state index contributed by atoms with van der Waals surface area (Å²) in [6.45, 7) is 6.87. The average molecular weight is 235 g/mol. The van der Waals surface area contributed by atoms with Gasteiger partial charge in [0.25, 0.3) is 0 Å². The molecule has 0 saturated carbocycles. The molecule has 0 aromatic heterocycles. The normalized spacial score (nSPS) is 12.2. The number of methoxy groups -OCH3 is 1. The van der Waals surface area contributed by atoms with Crippen LogP contribution < -0.4 is 10.5 Å². The molecule has 1 unspecified atom stereocenters. The maximum Gasteiger partial charge on any atom is 0.122 e. The van der Waals surface area contributed by atoms with Crippen molar-refractivity contribution in [1.82, 2.24) is 0 Å². The van der Waals surface area contributed by atoms with Crippen LogP contribution in [0, 0.1) is 0 Å². The Morgan fingerprint density at radius 3 is 2.76 bits per heavy atom. The number of ether oxygens (including phenoxy) is 2. The average Bonchev–Trinajstić information content (AvgIpc) is 2.31. The Balaban J connectivity index is 2.83. The second-order valence-electron chi connectivity index (χ2n) is 3.99. The molecule has 1 aromatic carbocycles. The van der Waals surface area contributed by atoms with E-state index >= 15 is 0 Å². The second-order valence-corrected chi connectivity index (χ2v) is 3.99. The Morgan fingerprint density at radius 2 is 2.18 bits per heavy atom. The van der Waals surface area contributed by atoms with Crippen molar-refractivity contribution in [2.45, 2.75) is 19.4 Å². The molecule has 0 aliphatic heterocycles. The van der Waals surface area contributed by atoms with E-state index in [1.807, 2.05) is 25.1 Å². The Bertz CT molecular complexity index is 361. The van der Waals surface area contributed by atoms with Crippen LogP contribution in [0.1, 0.15) is 24.1 Å². The Labute approximate surface area is 103 Å².